The summed E-state index contributed by atoms with van der Waals surface area (Å²) in [5, 5.41) is 10.7. The quantitative estimate of drug-likeness (QED) is 0.345. The first kappa shape index (κ1) is 14.0. The number of allylic oxidation sites excluding steroid dienone is 3. The van der Waals surface area contributed by atoms with Crippen LogP contribution in [0.2, 0.25) is 0 Å². The Morgan fingerprint density at radius 2 is 1.90 bits per heavy atom. The van der Waals surface area contributed by atoms with Crippen LogP contribution in [0.3, 0.4) is 0 Å². The molecule has 0 fully saturated rings. The van der Waals surface area contributed by atoms with Gasteiger partial charge in [-0.05, 0) is 6.08 Å². The van der Waals surface area contributed by atoms with Crippen LogP contribution in [0, 0.1) is 0 Å². The molecule has 4 heteroatoms. The van der Waals surface area contributed by atoms with Gasteiger partial charge >= 0.3 is 51.4 Å². The molecule has 0 aliphatic heterocycles. The zero-order valence-corrected chi connectivity index (χ0v) is 11.1. The van der Waals surface area contributed by atoms with E-state index in [4.69, 9.17) is 11.6 Å². The fraction of sp³-hybridized carbons (Fsp3) is 0. The first-order chi connectivity index (χ1) is 4.04. The minimum atomic E-state index is -0.309. The van der Waals surface area contributed by atoms with Crippen molar-refractivity contribution >= 4 is 27.5 Å². The van der Waals surface area contributed by atoms with E-state index in [1.807, 2.05) is 0 Å². The summed E-state index contributed by atoms with van der Waals surface area (Å²) in [4.78, 5) is 0. The van der Waals surface area contributed by atoms with Crippen LogP contribution >= 0.6 is 27.5 Å². The van der Waals surface area contributed by atoms with Gasteiger partial charge in [0, 0.05) is 9.51 Å². The van der Waals surface area contributed by atoms with Crippen molar-refractivity contribution in [3.63, 3.8) is 0 Å². The van der Waals surface area contributed by atoms with Crippen molar-refractivity contribution in [2.45, 2.75) is 0 Å². The average molecular weight is 248 g/mol. The Bertz CT molecular complexity index is 177. The van der Waals surface area contributed by atoms with Gasteiger partial charge in [-0.25, -0.2) is 0 Å². The van der Waals surface area contributed by atoms with Gasteiger partial charge in [-0.2, -0.15) is 0 Å². The minimum absolute atomic E-state index is 0. The summed E-state index contributed by atoms with van der Waals surface area (Å²) in [6.07, 6.45) is 1.40. The predicted molar refractivity (Wildman–Crippen MR) is 41.1 cm³/mol. The molecular weight excluding hydrogens is 243 g/mol. The zero-order valence-electron chi connectivity index (χ0n) is 5.66. The molecule has 0 saturated heterocycles. The van der Waals surface area contributed by atoms with E-state index >= 15 is 0 Å². The molecule has 0 aliphatic carbocycles. The SMILES string of the molecule is C=C(Cl)/C=C(/Br)C(=C)[O-].[K+]. The Labute approximate surface area is 116 Å². The van der Waals surface area contributed by atoms with E-state index in [-0.39, 0.29) is 57.1 Å². The van der Waals surface area contributed by atoms with Crippen LogP contribution in [-0.4, -0.2) is 0 Å². The average Bonchev–Trinajstić information content (AvgIpc) is 1.63. The molecule has 0 aromatic carbocycles. The molecule has 0 N–H and O–H groups in total. The van der Waals surface area contributed by atoms with Crippen LogP contribution in [0.4, 0.5) is 0 Å². The van der Waals surface area contributed by atoms with Gasteiger partial charge in [0.15, 0.2) is 0 Å². The molecule has 0 bridgehead atoms. The predicted octanol–water partition coefficient (Wildman–Crippen LogP) is -1.10. The third-order valence-electron chi connectivity index (χ3n) is 0.550. The van der Waals surface area contributed by atoms with Crippen LogP contribution in [-0.2, 0) is 0 Å². The summed E-state index contributed by atoms with van der Waals surface area (Å²) in [5.74, 6) is -0.309. The number of halogens is 2. The van der Waals surface area contributed by atoms with Gasteiger partial charge in [-0.1, -0.05) is 34.1 Å². The van der Waals surface area contributed by atoms with Crippen molar-refractivity contribution in [2.75, 3.05) is 0 Å². The Kier molecular flexibility index (Phi) is 9.92. The molecule has 0 spiro atoms. The summed E-state index contributed by atoms with van der Waals surface area (Å²) >= 11 is 8.28. The summed E-state index contributed by atoms with van der Waals surface area (Å²) < 4.78 is 0.336. The van der Waals surface area contributed by atoms with Crippen LogP contribution in [0.15, 0.2) is 34.5 Å². The number of hydrogen-bond donors (Lipinski definition) is 0. The van der Waals surface area contributed by atoms with Gasteiger partial charge in [0.25, 0.3) is 0 Å². The monoisotopic (exact) mass is 246 g/mol. The standard InChI is InChI=1S/C6H6BrClO.K/c1-4(8)3-6(7)5(2)9;/h3,9H,1-2H2;/q;+1/p-1/b6-3+;. The van der Waals surface area contributed by atoms with Crippen LogP contribution in [0.5, 0.6) is 0 Å². The van der Waals surface area contributed by atoms with Crippen LogP contribution in [0.1, 0.15) is 0 Å². The molecule has 0 radical (unpaired) electrons. The smallest absolute Gasteiger partial charge is 0.872 e. The van der Waals surface area contributed by atoms with E-state index < -0.39 is 0 Å². The summed E-state index contributed by atoms with van der Waals surface area (Å²) in [7, 11) is 0. The number of rotatable bonds is 2. The summed E-state index contributed by atoms with van der Waals surface area (Å²) in [6.45, 7) is 6.49. The van der Waals surface area contributed by atoms with Crippen molar-refractivity contribution in [3.8, 4) is 0 Å². The third-order valence-corrected chi connectivity index (χ3v) is 1.33. The maximum atomic E-state index is 10.4. The molecule has 1 nitrogen and oxygen atoms in total. The molecule has 0 amide bonds. The van der Waals surface area contributed by atoms with E-state index in [0.29, 0.717) is 9.51 Å². The minimum Gasteiger partial charge on any atom is -0.872 e. The van der Waals surface area contributed by atoms with Gasteiger partial charge < -0.3 is 5.11 Å². The van der Waals surface area contributed by atoms with Crippen molar-refractivity contribution < 1.29 is 56.5 Å². The molecule has 0 aliphatic rings. The molecular formula is C6H5BrClKO. The fourth-order valence-electron chi connectivity index (χ4n) is 0.218. The Balaban J connectivity index is 0. The van der Waals surface area contributed by atoms with Gasteiger partial charge in [0.2, 0.25) is 0 Å². The second-order valence-corrected chi connectivity index (χ2v) is 2.70. The zero-order chi connectivity index (χ0) is 7.44. The van der Waals surface area contributed by atoms with Gasteiger partial charge in [0.05, 0.1) is 0 Å². The van der Waals surface area contributed by atoms with E-state index in [1.54, 1.807) is 0 Å². The largest absolute Gasteiger partial charge is 1.00 e. The second kappa shape index (κ2) is 7.10. The first-order valence-electron chi connectivity index (χ1n) is 2.12. The van der Waals surface area contributed by atoms with Gasteiger partial charge in [-0.15, -0.1) is 12.3 Å². The maximum Gasteiger partial charge on any atom is 1.00 e. The second-order valence-electron chi connectivity index (χ2n) is 1.36. The first-order valence-corrected chi connectivity index (χ1v) is 3.29. The summed E-state index contributed by atoms with van der Waals surface area (Å²) in [6, 6.07) is 0. The molecule has 0 aromatic rings. The third kappa shape index (κ3) is 7.53. The van der Waals surface area contributed by atoms with Crippen molar-refractivity contribution in [1.29, 1.82) is 0 Å². The van der Waals surface area contributed by atoms with Crippen LogP contribution < -0.4 is 56.5 Å². The normalized spacial score (nSPS) is 10.0. The van der Waals surface area contributed by atoms with E-state index in [1.165, 1.54) is 6.08 Å². The molecule has 0 aromatic heterocycles. The van der Waals surface area contributed by atoms with Gasteiger partial charge in [0.1, 0.15) is 0 Å². The van der Waals surface area contributed by atoms with E-state index in [2.05, 4.69) is 29.1 Å². The van der Waals surface area contributed by atoms with Crippen molar-refractivity contribution in [3.05, 3.63) is 34.5 Å². The van der Waals surface area contributed by atoms with Crippen LogP contribution in [0.25, 0.3) is 0 Å². The Morgan fingerprint density at radius 3 is 2.00 bits per heavy atom. The molecule has 0 unspecified atom stereocenters. The van der Waals surface area contributed by atoms with Crippen molar-refractivity contribution in [2.24, 2.45) is 0 Å². The summed E-state index contributed by atoms with van der Waals surface area (Å²) in [5.41, 5.74) is 0. The van der Waals surface area contributed by atoms with E-state index in [0.717, 1.165) is 0 Å². The molecule has 10 heavy (non-hydrogen) atoms. The van der Waals surface area contributed by atoms with E-state index in [9.17, 15) is 5.11 Å². The molecule has 0 rings (SSSR count). The fourth-order valence-corrected chi connectivity index (χ4v) is 0.735. The molecule has 0 saturated carbocycles. The maximum absolute atomic E-state index is 10.4. The van der Waals surface area contributed by atoms with Crippen molar-refractivity contribution in [1.82, 2.24) is 0 Å². The Hall–Kier alpha value is 1.43. The van der Waals surface area contributed by atoms with Gasteiger partial charge in [-0.3, -0.25) is 0 Å². The topological polar surface area (TPSA) is 23.1 Å². The molecule has 0 heterocycles. The molecule has 0 atom stereocenters. The Morgan fingerprint density at radius 1 is 1.50 bits per heavy atom. The molecule has 50 valence electrons. The number of hydrogen-bond acceptors (Lipinski definition) is 1.